The van der Waals surface area contributed by atoms with Gasteiger partial charge < -0.3 is 14.6 Å². The summed E-state index contributed by atoms with van der Waals surface area (Å²) in [6.07, 6.45) is 6.82. The van der Waals surface area contributed by atoms with E-state index in [2.05, 4.69) is 27.4 Å². The van der Waals surface area contributed by atoms with Gasteiger partial charge in [-0.25, -0.2) is 4.98 Å². The summed E-state index contributed by atoms with van der Waals surface area (Å²) in [7, 11) is 0. The molecule has 3 aromatic rings. The molecule has 28 heavy (non-hydrogen) atoms. The lowest BCUT2D eigenvalue weighted by atomic mass is 10.0. The highest BCUT2D eigenvalue weighted by Gasteiger charge is 2.25. The molecule has 6 nitrogen and oxygen atoms in total. The van der Waals surface area contributed by atoms with Crippen molar-refractivity contribution in [1.82, 2.24) is 14.9 Å². The molecule has 0 spiro atoms. The van der Waals surface area contributed by atoms with E-state index in [9.17, 15) is 4.79 Å². The Kier molecular flexibility index (Phi) is 5.92. The molecule has 0 bridgehead atoms. The summed E-state index contributed by atoms with van der Waals surface area (Å²) in [6.45, 7) is 1.40. The lowest BCUT2D eigenvalue weighted by molar-refractivity contribution is 0.0686. The molecule has 0 saturated carbocycles. The molecule has 0 aliphatic carbocycles. The number of rotatable bonds is 6. The van der Waals surface area contributed by atoms with Crippen molar-refractivity contribution in [3.8, 4) is 0 Å². The fourth-order valence-corrected chi connectivity index (χ4v) is 4.02. The van der Waals surface area contributed by atoms with Crippen LogP contribution in [-0.4, -0.2) is 39.9 Å². The van der Waals surface area contributed by atoms with Crippen molar-refractivity contribution in [2.75, 3.05) is 18.4 Å². The van der Waals surface area contributed by atoms with E-state index >= 15 is 0 Å². The molecule has 0 atom stereocenters. The van der Waals surface area contributed by atoms with Crippen LogP contribution >= 0.6 is 11.8 Å². The third-order valence-electron chi connectivity index (χ3n) is 4.71. The number of amides is 1. The van der Waals surface area contributed by atoms with Gasteiger partial charge in [0.1, 0.15) is 10.8 Å². The summed E-state index contributed by atoms with van der Waals surface area (Å²) >= 11 is 1.68. The van der Waals surface area contributed by atoms with Crippen molar-refractivity contribution in [3.05, 3.63) is 72.4 Å². The number of piperidine rings is 1. The fourth-order valence-electron chi connectivity index (χ4n) is 3.21. The first-order chi connectivity index (χ1) is 13.8. The number of thioether (sulfide) groups is 1. The maximum absolute atomic E-state index is 12.3. The molecule has 3 heterocycles. The third-order valence-corrected chi connectivity index (χ3v) is 5.68. The number of benzene rings is 1. The molecule has 1 aliphatic rings. The second kappa shape index (κ2) is 8.93. The molecule has 1 fully saturated rings. The van der Waals surface area contributed by atoms with Crippen LogP contribution in [-0.2, 0) is 5.75 Å². The summed E-state index contributed by atoms with van der Waals surface area (Å²) in [6, 6.07) is 14.1. The van der Waals surface area contributed by atoms with Crippen LogP contribution in [0.4, 0.5) is 5.82 Å². The van der Waals surface area contributed by atoms with E-state index in [1.165, 1.54) is 11.8 Å². The summed E-state index contributed by atoms with van der Waals surface area (Å²) in [5.74, 6) is 2.02. The van der Waals surface area contributed by atoms with E-state index < -0.39 is 0 Å². The van der Waals surface area contributed by atoms with Crippen LogP contribution in [0.1, 0.15) is 29.0 Å². The van der Waals surface area contributed by atoms with Gasteiger partial charge in [-0.3, -0.25) is 9.78 Å². The smallest absolute Gasteiger partial charge is 0.289 e. The van der Waals surface area contributed by atoms with Crippen LogP contribution in [0, 0.1) is 0 Å². The molecule has 1 saturated heterocycles. The highest BCUT2D eigenvalue weighted by molar-refractivity contribution is 7.98. The number of likely N-dealkylation sites (tertiary alicyclic amines) is 1. The van der Waals surface area contributed by atoms with Gasteiger partial charge >= 0.3 is 0 Å². The first kappa shape index (κ1) is 18.6. The molecule has 1 amide bonds. The molecule has 1 N–H and O–H groups in total. The van der Waals surface area contributed by atoms with Gasteiger partial charge in [0.2, 0.25) is 0 Å². The van der Waals surface area contributed by atoms with E-state index in [0.29, 0.717) is 18.8 Å². The Balaban J connectivity index is 1.28. The maximum atomic E-state index is 12.3. The van der Waals surface area contributed by atoms with E-state index in [1.54, 1.807) is 36.3 Å². The maximum Gasteiger partial charge on any atom is 0.289 e. The summed E-state index contributed by atoms with van der Waals surface area (Å²) in [5, 5.41) is 4.37. The van der Waals surface area contributed by atoms with Crippen LogP contribution in [0.3, 0.4) is 0 Å². The standard InChI is InChI=1S/C21H22N4O2S/c26-21(18-7-4-12-27-18)25-10-8-17(9-11-25)23-19-13-22-14-20(24-19)28-15-16-5-2-1-3-6-16/h1-7,12-14,17H,8-11,15H2,(H,23,24). The molecular formula is C21H22N4O2S. The van der Waals surface area contributed by atoms with Gasteiger partial charge in [0.05, 0.1) is 18.7 Å². The van der Waals surface area contributed by atoms with Crippen molar-refractivity contribution in [3.63, 3.8) is 0 Å². The number of carbonyl (C=O) groups is 1. The monoisotopic (exact) mass is 394 g/mol. The molecule has 1 aliphatic heterocycles. The minimum Gasteiger partial charge on any atom is -0.459 e. The number of carbonyl (C=O) groups excluding carboxylic acids is 1. The van der Waals surface area contributed by atoms with Gasteiger partial charge in [-0.15, -0.1) is 11.8 Å². The first-order valence-electron chi connectivity index (χ1n) is 9.36. The molecule has 4 rings (SSSR count). The number of hydrogen-bond donors (Lipinski definition) is 1. The Morgan fingerprint density at radius 3 is 2.71 bits per heavy atom. The molecule has 0 unspecified atom stereocenters. The van der Waals surface area contributed by atoms with Crippen molar-refractivity contribution >= 4 is 23.5 Å². The quantitative estimate of drug-likeness (QED) is 0.635. The minimum atomic E-state index is -0.0393. The molecule has 144 valence electrons. The zero-order valence-corrected chi connectivity index (χ0v) is 16.3. The third kappa shape index (κ3) is 4.72. The average molecular weight is 395 g/mol. The van der Waals surface area contributed by atoms with E-state index in [-0.39, 0.29) is 11.9 Å². The number of hydrogen-bond acceptors (Lipinski definition) is 6. The van der Waals surface area contributed by atoms with E-state index in [1.807, 2.05) is 23.1 Å². The van der Waals surface area contributed by atoms with E-state index in [0.717, 1.165) is 29.4 Å². The van der Waals surface area contributed by atoms with Crippen molar-refractivity contribution in [2.45, 2.75) is 29.7 Å². The van der Waals surface area contributed by atoms with Gasteiger partial charge in [0, 0.05) is 24.9 Å². The van der Waals surface area contributed by atoms with Gasteiger partial charge in [-0.05, 0) is 30.5 Å². The highest BCUT2D eigenvalue weighted by atomic mass is 32.2. The second-order valence-corrected chi connectivity index (χ2v) is 7.70. The fraction of sp³-hybridized carbons (Fsp3) is 0.286. The summed E-state index contributed by atoms with van der Waals surface area (Å²) in [5.41, 5.74) is 1.27. The normalized spacial score (nSPS) is 14.8. The van der Waals surface area contributed by atoms with Crippen LogP contribution in [0.2, 0.25) is 0 Å². The Bertz CT molecular complexity index is 894. The minimum absolute atomic E-state index is 0.0393. The summed E-state index contributed by atoms with van der Waals surface area (Å²) in [4.78, 5) is 23.2. The lowest BCUT2D eigenvalue weighted by Gasteiger charge is -2.32. The first-order valence-corrected chi connectivity index (χ1v) is 10.3. The van der Waals surface area contributed by atoms with E-state index in [4.69, 9.17) is 4.42 Å². The predicted octanol–water partition coefficient (Wildman–Crippen LogP) is 4.08. The number of nitrogens with one attached hydrogen (secondary N) is 1. The SMILES string of the molecule is O=C(c1ccco1)N1CCC(Nc2cncc(SCc3ccccc3)n2)CC1. The van der Waals surface area contributed by atoms with Gasteiger partial charge in [0.15, 0.2) is 5.76 Å². The van der Waals surface area contributed by atoms with Crippen molar-refractivity contribution in [2.24, 2.45) is 0 Å². The molecular weight excluding hydrogens is 372 g/mol. The van der Waals surface area contributed by atoms with Gasteiger partial charge in [-0.1, -0.05) is 30.3 Å². The zero-order valence-electron chi connectivity index (χ0n) is 15.5. The molecule has 7 heteroatoms. The van der Waals surface area contributed by atoms with Gasteiger partial charge in [0.25, 0.3) is 5.91 Å². The Labute approximate surface area is 168 Å². The van der Waals surface area contributed by atoms with Crippen LogP contribution < -0.4 is 5.32 Å². The number of anilines is 1. The van der Waals surface area contributed by atoms with Gasteiger partial charge in [-0.2, -0.15) is 0 Å². The molecule has 0 radical (unpaired) electrons. The Morgan fingerprint density at radius 1 is 1.14 bits per heavy atom. The number of furan rings is 1. The van der Waals surface area contributed by atoms with Crippen LogP contribution in [0.15, 0.2) is 70.6 Å². The number of aromatic nitrogens is 2. The summed E-state index contributed by atoms with van der Waals surface area (Å²) < 4.78 is 5.21. The molecule has 2 aromatic heterocycles. The topological polar surface area (TPSA) is 71.3 Å². The molecule has 1 aromatic carbocycles. The van der Waals surface area contributed by atoms with Crippen LogP contribution in [0.25, 0.3) is 0 Å². The predicted molar refractivity (Wildman–Crippen MR) is 109 cm³/mol. The highest BCUT2D eigenvalue weighted by Crippen LogP contribution is 2.22. The van der Waals surface area contributed by atoms with Crippen molar-refractivity contribution < 1.29 is 9.21 Å². The Hall–Kier alpha value is -2.80. The number of nitrogens with zero attached hydrogens (tertiary/aromatic N) is 3. The average Bonchev–Trinajstić information content (AvgIpc) is 3.28. The van der Waals surface area contributed by atoms with Crippen molar-refractivity contribution in [1.29, 1.82) is 0 Å². The Morgan fingerprint density at radius 2 is 1.96 bits per heavy atom. The lowest BCUT2D eigenvalue weighted by Crippen LogP contribution is -2.42. The second-order valence-electron chi connectivity index (χ2n) is 6.70. The zero-order chi connectivity index (χ0) is 19.2. The largest absolute Gasteiger partial charge is 0.459 e. The van der Waals surface area contributed by atoms with Crippen LogP contribution in [0.5, 0.6) is 0 Å².